The first kappa shape index (κ1) is 20.2. The van der Waals surface area contributed by atoms with Crippen LogP contribution in [0.3, 0.4) is 0 Å². The summed E-state index contributed by atoms with van der Waals surface area (Å²) in [5.41, 5.74) is 0.452. The minimum atomic E-state index is -0.557. The SMILES string of the molecule is CC(=O)N1CCCC1c1ccc(N(CC(C)C)C(=O)OC(C)(C)C)nc1. The molecule has 26 heavy (non-hydrogen) atoms. The summed E-state index contributed by atoms with van der Waals surface area (Å²) in [6.07, 6.45) is 3.34. The molecule has 1 saturated heterocycles. The van der Waals surface area contributed by atoms with Crippen molar-refractivity contribution in [3.8, 4) is 0 Å². The molecule has 1 aromatic rings. The van der Waals surface area contributed by atoms with E-state index in [-0.39, 0.29) is 17.9 Å². The van der Waals surface area contributed by atoms with Gasteiger partial charge >= 0.3 is 6.09 Å². The lowest BCUT2D eigenvalue weighted by Crippen LogP contribution is -2.39. The van der Waals surface area contributed by atoms with Crippen molar-refractivity contribution in [2.45, 2.75) is 66.0 Å². The van der Waals surface area contributed by atoms with Crippen LogP contribution in [0.4, 0.5) is 10.6 Å². The molecule has 0 bridgehead atoms. The van der Waals surface area contributed by atoms with Crippen LogP contribution in [-0.2, 0) is 9.53 Å². The Morgan fingerprint density at radius 3 is 2.54 bits per heavy atom. The van der Waals surface area contributed by atoms with E-state index in [2.05, 4.69) is 18.8 Å². The highest BCUT2D eigenvalue weighted by Crippen LogP contribution is 2.32. The summed E-state index contributed by atoms with van der Waals surface area (Å²) in [5, 5.41) is 0. The zero-order valence-electron chi connectivity index (χ0n) is 16.8. The molecule has 6 heteroatoms. The van der Waals surface area contributed by atoms with Gasteiger partial charge in [0.1, 0.15) is 11.4 Å². The van der Waals surface area contributed by atoms with Crippen molar-refractivity contribution >= 4 is 17.8 Å². The molecule has 2 rings (SSSR count). The Kier molecular flexibility index (Phi) is 6.26. The van der Waals surface area contributed by atoms with Crippen molar-refractivity contribution in [2.24, 2.45) is 5.92 Å². The molecule has 0 spiro atoms. The van der Waals surface area contributed by atoms with Crippen molar-refractivity contribution < 1.29 is 14.3 Å². The fourth-order valence-corrected chi connectivity index (χ4v) is 3.19. The average Bonchev–Trinajstić information content (AvgIpc) is 3.00. The van der Waals surface area contributed by atoms with E-state index in [4.69, 9.17) is 4.74 Å². The smallest absolute Gasteiger partial charge is 0.416 e. The van der Waals surface area contributed by atoms with Gasteiger partial charge in [0.2, 0.25) is 5.91 Å². The van der Waals surface area contributed by atoms with Gasteiger partial charge in [0, 0.05) is 26.2 Å². The lowest BCUT2D eigenvalue weighted by atomic mass is 10.1. The second kappa shape index (κ2) is 8.06. The Bertz CT molecular complexity index is 635. The van der Waals surface area contributed by atoms with E-state index in [1.54, 1.807) is 18.0 Å². The van der Waals surface area contributed by atoms with Crippen LogP contribution in [0.2, 0.25) is 0 Å². The molecule has 2 amide bonds. The van der Waals surface area contributed by atoms with E-state index >= 15 is 0 Å². The molecule has 1 unspecified atom stereocenters. The second-order valence-corrected chi connectivity index (χ2v) is 8.30. The van der Waals surface area contributed by atoms with E-state index in [1.807, 2.05) is 37.8 Å². The molecular weight excluding hydrogens is 330 g/mol. The molecular formula is C20H31N3O3. The van der Waals surface area contributed by atoms with Gasteiger partial charge in [-0.25, -0.2) is 9.78 Å². The molecule has 0 aromatic carbocycles. The van der Waals surface area contributed by atoms with Crippen LogP contribution in [0.25, 0.3) is 0 Å². The van der Waals surface area contributed by atoms with Crippen LogP contribution in [0, 0.1) is 5.92 Å². The number of hydrogen-bond acceptors (Lipinski definition) is 4. The number of carbonyl (C=O) groups is 2. The molecule has 0 aliphatic carbocycles. The highest BCUT2D eigenvalue weighted by Gasteiger charge is 2.29. The van der Waals surface area contributed by atoms with E-state index in [9.17, 15) is 9.59 Å². The van der Waals surface area contributed by atoms with Gasteiger partial charge in [0.25, 0.3) is 0 Å². The van der Waals surface area contributed by atoms with Crippen LogP contribution in [-0.4, -0.2) is 40.6 Å². The van der Waals surface area contributed by atoms with Crippen molar-refractivity contribution in [1.82, 2.24) is 9.88 Å². The maximum atomic E-state index is 12.6. The first-order valence-electron chi connectivity index (χ1n) is 9.32. The van der Waals surface area contributed by atoms with Crippen LogP contribution in [0.1, 0.15) is 66.0 Å². The second-order valence-electron chi connectivity index (χ2n) is 8.30. The number of nitrogens with zero attached hydrogens (tertiary/aromatic N) is 3. The third-order valence-corrected chi connectivity index (χ3v) is 4.25. The first-order valence-corrected chi connectivity index (χ1v) is 9.32. The highest BCUT2D eigenvalue weighted by molar-refractivity contribution is 5.86. The minimum Gasteiger partial charge on any atom is -0.443 e. The van der Waals surface area contributed by atoms with Gasteiger partial charge in [0.15, 0.2) is 0 Å². The molecule has 1 aliphatic heterocycles. The summed E-state index contributed by atoms with van der Waals surface area (Å²) in [7, 11) is 0. The van der Waals surface area contributed by atoms with Gasteiger partial charge in [0.05, 0.1) is 6.04 Å². The Balaban J connectivity index is 2.21. The third-order valence-electron chi connectivity index (χ3n) is 4.25. The standard InChI is InChI=1S/C20H31N3O3/c1-14(2)13-23(19(25)26-20(4,5)6)18-10-9-16(12-21-18)17-8-7-11-22(17)15(3)24/h9-10,12,14,17H,7-8,11,13H2,1-6H3. The Labute approximate surface area is 156 Å². The van der Waals surface area contributed by atoms with E-state index in [0.29, 0.717) is 12.4 Å². The predicted molar refractivity (Wildman–Crippen MR) is 102 cm³/mol. The van der Waals surface area contributed by atoms with Gasteiger partial charge in [-0.05, 0) is 51.2 Å². The Morgan fingerprint density at radius 1 is 1.35 bits per heavy atom. The van der Waals surface area contributed by atoms with E-state index in [0.717, 1.165) is 24.9 Å². The molecule has 6 nitrogen and oxygen atoms in total. The first-order chi connectivity index (χ1) is 12.1. The fraction of sp³-hybridized carbons (Fsp3) is 0.650. The fourth-order valence-electron chi connectivity index (χ4n) is 3.19. The summed E-state index contributed by atoms with van der Waals surface area (Å²) < 4.78 is 5.53. The lowest BCUT2D eigenvalue weighted by molar-refractivity contribution is -0.129. The molecule has 1 aliphatic rings. The summed E-state index contributed by atoms with van der Waals surface area (Å²) in [6, 6.07) is 3.89. The summed E-state index contributed by atoms with van der Waals surface area (Å²) in [5.74, 6) is 0.947. The molecule has 2 heterocycles. The van der Waals surface area contributed by atoms with Crippen LogP contribution < -0.4 is 4.90 Å². The number of pyridine rings is 1. The highest BCUT2D eigenvalue weighted by atomic mass is 16.6. The Morgan fingerprint density at radius 2 is 2.04 bits per heavy atom. The maximum Gasteiger partial charge on any atom is 0.416 e. The van der Waals surface area contributed by atoms with Gasteiger partial charge in [-0.1, -0.05) is 19.9 Å². The monoisotopic (exact) mass is 361 g/mol. The van der Waals surface area contributed by atoms with Crippen LogP contribution in [0.15, 0.2) is 18.3 Å². The third kappa shape index (κ3) is 5.19. The molecule has 1 atom stereocenters. The largest absolute Gasteiger partial charge is 0.443 e. The van der Waals surface area contributed by atoms with Crippen molar-refractivity contribution in [3.63, 3.8) is 0 Å². The Hall–Kier alpha value is -2.11. The predicted octanol–water partition coefficient (Wildman–Crippen LogP) is 4.16. The summed E-state index contributed by atoms with van der Waals surface area (Å²) in [6.45, 7) is 12.6. The van der Waals surface area contributed by atoms with Crippen molar-refractivity contribution in [1.29, 1.82) is 0 Å². The van der Waals surface area contributed by atoms with E-state index in [1.165, 1.54) is 0 Å². The van der Waals surface area contributed by atoms with Crippen LogP contribution in [0.5, 0.6) is 0 Å². The van der Waals surface area contributed by atoms with Crippen molar-refractivity contribution in [2.75, 3.05) is 18.0 Å². The molecule has 1 fully saturated rings. The normalized spacial score (nSPS) is 17.5. The number of aromatic nitrogens is 1. The quantitative estimate of drug-likeness (QED) is 0.808. The number of hydrogen-bond donors (Lipinski definition) is 0. The van der Waals surface area contributed by atoms with Gasteiger partial charge in [-0.15, -0.1) is 0 Å². The van der Waals surface area contributed by atoms with Gasteiger partial charge in [-0.3, -0.25) is 9.69 Å². The number of anilines is 1. The zero-order chi connectivity index (χ0) is 19.5. The minimum absolute atomic E-state index is 0.0779. The number of ether oxygens (including phenoxy) is 1. The number of rotatable bonds is 4. The van der Waals surface area contributed by atoms with Crippen molar-refractivity contribution in [3.05, 3.63) is 23.9 Å². The van der Waals surface area contributed by atoms with E-state index < -0.39 is 11.7 Å². The van der Waals surface area contributed by atoms with Crippen LogP contribution >= 0.6 is 0 Å². The molecule has 0 radical (unpaired) electrons. The number of likely N-dealkylation sites (tertiary alicyclic amines) is 1. The summed E-state index contributed by atoms with van der Waals surface area (Å²) in [4.78, 5) is 32.3. The summed E-state index contributed by atoms with van der Waals surface area (Å²) >= 11 is 0. The maximum absolute atomic E-state index is 12.6. The molecule has 0 saturated carbocycles. The molecule has 0 N–H and O–H groups in total. The zero-order valence-corrected chi connectivity index (χ0v) is 16.8. The van der Waals surface area contributed by atoms with Gasteiger partial charge in [-0.2, -0.15) is 0 Å². The number of amides is 2. The lowest BCUT2D eigenvalue weighted by Gasteiger charge is -2.28. The molecule has 144 valence electrons. The molecule has 1 aromatic heterocycles. The number of carbonyl (C=O) groups excluding carboxylic acids is 2. The van der Waals surface area contributed by atoms with Gasteiger partial charge < -0.3 is 9.64 Å². The topological polar surface area (TPSA) is 62.7 Å². The average molecular weight is 361 g/mol.